The Bertz CT molecular complexity index is 586. The fourth-order valence-electron chi connectivity index (χ4n) is 2.34. The summed E-state index contributed by atoms with van der Waals surface area (Å²) in [5.41, 5.74) is 2.79. The van der Waals surface area contributed by atoms with Gasteiger partial charge in [0.05, 0.1) is 12.1 Å². The zero-order valence-electron chi connectivity index (χ0n) is 12.3. The molecule has 108 valence electrons. The van der Waals surface area contributed by atoms with Crippen LogP contribution in [0.15, 0.2) is 24.3 Å². The van der Waals surface area contributed by atoms with E-state index in [0.717, 1.165) is 35.4 Å². The van der Waals surface area contributed by atoms with Crippen molar-refractivity contribution in [1.82, 2.24) is 4.98 Å². The average Bonchev–Trinajstić information content (AvgIpc) is 2.44. The Morgan fingerprint density at radius 3 is 2.75 bits per heavy atom. The van der Waals surface area contributed by atoms with E-state index in [1.807, 2.05) is 19.9 Å². The molecule has 0 fully saturated rings. The van der Waals surface area contributed by atoms with Crippen molar-refractivity contribution >= 4 is 16.6 Å². The molecule has 2 aromatic rings. The second kappa shape index (κ2) is 6.66. The third-order valence-electron chi connectivity index (χ3n) is 3.31. The molecule has 0 aliphatic rings. The number of benzene rings is 1. The number of likely N-dealkylation sites (N-methyl/N-ethyl adjacent to an activating group) is 1. The first kappa shape index (κ1) is 14.7. The minimum Gasteiger partial charge on any atom is -0.380 e. The summed E-state index contributed by atoms with van der Waals surface area (Å²) in [5, 5.41) is 0.856. The molecule has 0 saturated carbocycles. The van der Waals surface area contributed by atoms with Crippen LogP contribution < -0.4 is 4.90 Å². The van der Waals surface area contributed by atoms with Crippen molar-refractivity contribution in [2.24, 2.45) is 0 Å². The van der Waals surface area contributed by atoms with Gasteiger partial charge in [0.2, 0.25) is 0 Å². The molecule has 0 unspecified atom stereocenters. The summed E-state index contributed by atoms with van der Waals surface area (Å²) in [7, 11) is 0. The number of aromatic nitrogens is 1. The minimum absolute atomic E-state index is 0.231. The largest absolute Gasteiger partial charge is 0.380 e. The minimum atomic E-state index is -0.231. The molecule has 0 aliphatic heterocycles. The van der Waals surface area contributed by atoms with Crippen molar-refractivity contribution in [3.8, 4) is 0 Å². The fraction of sp³-hybridized carbons (Fsp3) is 0.438. The number of ether oxygens (including phenoxy) is 1. The molecule has 0 aliphatic carbocycles. The summed E-state index contributed by atoms with van der Waals surface area (Å²) in [6.45, 7) is 9.06. The van der Waals surface area contributed by atoms with E-state index < -0.39 is 0 Å². The highest BCUT2D eigenvalue weighted by atomic mass is 19.1. The summed E-state index contributed by atoms with van der Waals surface area (Å²) in [4.78, 5) is 6.67. The van der Waals surface area contributed by atoms with E-state index in [0.29, 0.717) is 13.2 Å². The molecule has 0 N–H and O–H groups in total. The normalized spacial score (nSPS) is 11.0. The van der Waals surface area contributed by atoms with Crippen molar-refractivity contribution in [2.75, 3.05) is 31.2 Å². The number of fused-ring (bicyclic) bond motifs is 1. The van der Waals surface area contributed by atoms with Crippen LogP contribution >= 0.6 is 0 Å². The number of aryl methyl sites for hydroxylation is 1. The molecule has 1 heterocycles. The van der Waals surface area contributed by atoms with Gasteiger partial charge in [0.15, 0.2) is 0 Å². The molecule has 1 aromatic carbocycles. The van der Waals surface area contributed by atoms with Crippen LogP contribution in [0.5, 0.6) is 0 Å². The second-order valence-electron chi connectivity index (χ2n) is 4.72. The van der Waals surface area contributed by atoms with Crippen molar-refractivity contribution in [3.63, 3.8) is 0 Å². The number of hydrogen-bond donors (Lipinski definition) is 0. The predicted molar refractivity (Wildman–Crippen MR) is 80.8 cm³/mol. The first-order chi connectivity index (χ1) is 9.65. The number of hydrogen-bond acceptors (Lipinski definition) is 3. The number of rotatable bonds is 6. The monoisotopic (exact) mass is 276 g/mol. The summed E-state index contributed by atoms with van der Waals surface area (Å²) >= 11 is 0. The molecule has 0 spiro atoms. The Morgan fingerprint density at radius 1 is 1.25 bits per heavy atom. The Hall–Kier alpha value is -1.68. The van der Waals surface area contributed by atoms with Gasteiger partial charge in [-0.25, -0.2) is 4.39 Å². The summed E-state index contributed by atoms with van der Waals surface area (Å²) in [5.74, 6) is -0.231. The van der Waals surface area contributed by atoms with Crippen molar-refractivity contribution in [1.29, 1.82) is 0 Å². The van der Waals surface area contributed by atoms with Crippen molar-refractivity contribution in [3.05, 3.63) is 35.8 Å². The van der Waals surface area contributed by atoms with Gasteiger partial charge >= 0.3 is 0 Å². The standard InChI is InChI=1S/C16H21FN2O/c1-4-19(8-9-20-5-2)16-10-12(3)18-15-7-6-13(17)11-14(15)16/h6-7,10-11H,4-5,8-9H2,1-3H3. The Kier molecular flexibility index (Phi) is 4.90. The molecular formula is C16H21FN2O. The summed E-state index contributed by atoms with van der Waals surface area (Å²) in [6.07, 6.45) is 0. The van der Waals surface area contributed by atoms with Gasteiger partial charge in [0.1, 0.15) is 5.82 Å². The van der Waals surface area contributed by atoms with E-state index in [4.69, 9.17) is 4.74 Å². The SMILES string of the molecule is CCOCCN(CC)c1cc(C)nc2ccc(F)cc12. The maximum atomic E-state index is 13.5. The molecule has 0 atom stereocenters. The van der Waals surface area contributed by atoms with Gasteiger partial charge in [-0.05, 0) is 45.0 Å². The van der Waals surface area contributed by atoms with Gasteiger partial charge < -0.3 is 9.64 Å². The van der Waals surface area contributed by atoms with Gasteiger partial charge in [-0.15, -0.1) is 0 Å². The number of anilines is 1. The molecule has 3 nitrogen and oxygen atoms in total. The van der Waals surface area contributed by atoms with Gasteiger partial charge in [-0.2, -0.15) is 0 Å². The molecule has 0 bridgehead atoms. The van der Waals surface area contributed by atoms with Gasteiger partial charge in [0.25, 0.3) is 0 Å². The molecule has 4 heteroatoms. The van der Waals surface area contributed by atoms with E-state index in [1.54, 1.807) is 12.1 Å². The molecule has 1 aromatic heterocycles. The van der Waals surface area contributed by atoms with E-state index in [2.05, 4.69) is 16.8 Å². The maximum Gasteiger partial charge on any atom is 0.124 e. The highest BCUT2D eigenvalue weighted by molar-refractivity contribution is 5.92. The van der Waals surface area contributed by atoms with Gasteiger partial charge in [0, 0.05) is 36.5 Å². The van der Waals surface area contributed by atoms with E-state index >= 15 is 0 Å². The van der Waals surface area contributed by atoms with Crippen LogP contribution in [0.4, 0.5) is 10.1 Å². The molecule has 2 rings (SSSR count). The zero-order chi connectivity index (χ0) is 14.5. The third-order valence-corrected chi connectivity index (χ3v) is 3.31. The van der Waals surface area contributed by atoms with E-state index in [1.165, 1.54) is 6.07 Å². The first-order valence-electron chi connectivity index (χ1n) is 7.05. The molecular weight excluding hydrogens is 255 g/mol. The molecule has 0 amide bonds. The lowest BCUT2D eigenvalue weighted by Crippen LogP contribution is -2.27. The van der Waals surface area contributed by atoms with E-state index in [-0.39, 0.29) is 5.82 Å². The lowest BCUT2D eigenvalue weighted by molar-refractivity contribution is 0.154. The maximum absolute atomic E-state index is 13.5. The summed E-state index contributed by atoms with van der Waals surface area (Å²) < 4.78 is 18.9. The molecule has 0 saturated heterocycles. The fourth-order valence-corrected chi connectivity index (χ4v) is 2.34. The Morgan fingerprint density at radius 2 is 2.05 bits per heavy atom. The van der Waals surface area contributed by atoms with Gasteiger partial charge in [-0.3, -0.25) is 4.98 Å². The van der Waals surface area contributed by atoms with Crippen LogP contribution in [0.25, 0.3) is 10.9 Å². The van der Waals surface area contributed by atoms with Crippen molar-refractivity contribution in [2.45, 2.75) is 20.8 Å². The van der Waals surface area contributed by atoms with Crippen LogP contribution in [-0.4, -0.2) is 31.3 Å². The number of halogens is 1. The van der Waals surface area contributed by atoms with Crippen LogP contribution in [0.1, 0.15) is 19.5 Å². The highest BCUT2D eigenvalue weighted by Gasteiger charge is 2.11. The molecule has 20 heavy (non-hydrogen) atoms. The van der Waals surface area contributed by atoms with Crippen LogP contribution in [-0.2, 0) is 4.74 Å². The van der Waals surface area contributed by atoms with E-state index in [9.17, 15) is 4.39 Å². The van der Waals surface area contributed by atoms with Crippen LogP contribution in [0.2, 0.25) is 0 Å². The zero-order valence-corrected chi connectivity index (χ0v) is 12.3. The number of pyridine rings is 1. The lowest BCUT2D eigenvalue weighted by atomic mass is 10.1. The molecule has 0 radical (unpaired) electrons. The average molecular weight is 276 g/mol. The Balaban J connectivity index is 2.41. The predicted octanol–water partition coefficient (Wildman–Crippen LogP) is 3.55. The third kappa shape index (κ3) is 3.25. The first-order valence-corrected chi connectivity index (χ1v) is 7.05. The van der Waals surface area contributed by atoms with Crippen molar-refractivity contribution < 1.29 is 9.13 Å². The Labute approximate surface area is 119 Å². The lowest BCUT2D eigenvalue weighted by Gasteiger charge is -2.25. The quantitative estimate of drug-likeness (QED) is 0.755. The second-order valence-corrected chi connectivity index (χ2v) is 4.72. The summed E-state index contributed by atoms with van der Waals surface area (Å²) in [6, 6.07) is 6.75. The van der Waals surface area contributed by atoms with Crippen LogP contribution in [0.3, 0.4) is 0 Å². The van der Waals surface area contributed by atoms with Crippen LogP contribution in [0, 0.1) is 12.7 Å². The highest BCUT2D eigenvalue weighted by Crippen LogP contribution is 2.27. The number of nitrogens with zero attached hydrogens (tertiary/aromatic N) is 2. The van der Waals surface area contributed by atoms with Gasteiger partial charge in [-0.1, -0.05) is 0 Å². The topological polar surface area (TPSA) is 25.4 Å². The smallest absolute Gasteiger partial charge is 0.124 e.